The molecule has 33 heavy (non-hydrogen) atoms. The number of carbonyl (C=O) groups excluding carboxylic acids is 2. The van der Waals surface area contributed by atoms with Gasteiger partial charge < -0.3 is 15.1 Å². The summed E-state index contributed by atoms with van der Waals surface area (Å²) in [5.41, 5.74) is -0.401. The molecule has 1 aromatic heterocycles. The number of anilines is 1. The second-order valence-electron chi connectivity index (χ2n) is 7.85. The van der Waals surface area contributed by atoms with Crippen molar-refractivity contribution in [3.63, 3.8) is 0 Å². The number of nitrogens with one attached hydrogen (secondary N) is 1. The molecule has 1 aliphatic heterocycles. The largest absolute Gasteiger partial charge is 0.353 e. The number of carbonyl (C=O) groups is 2. The van der Waals surface area contributed by atoms with E-state index in [9.17, 15) is 27.2 Å². The highest BCUT2D eigenvalue weighted by Gasteiger charge is 2.28. The first-order chi connectivity index (χ1) is 15.8. The predicted octanol–water partition coefficient (Wildman–Crippen LogP) is 3.91. The maximum absolute atomic E-state index is 13.9. The SMILES string of the molecule is CCCCCCNC(=O)c1ccc(N2CCN(C(=O)c3cc(F)c(F)c(F)c3F)CC2)nc1. The van der Waals surface area contributed by atoms with Gasteiger partial charge in [-0.2, -0.15) is 0 Å². The summed E-state index contributed by atoms with van der Waals surface area (Å²) in [5, 5.41) is 2.86. The summed E-state index contributed by atoms with van der Waals surface area (Å²) in [5.74, 6) is -7.79. The van der Waals surface area contributed by atoms with Gasteiger partial charge in [0.2, 0.25) is 0 Å². The molecular formula is C23H26F4N4O2. The van der Waals surface area contributed by atoms with Crippen LogP contribution in [0.25, 0.3) is 0 Å². The zero-order chi connectivity index (χ0) is 24.0. The number of hydrogen-bond acceptors (Lipinski definition) is 4. The van der Waals surface area contributed by atoms with Crippen LogP contribution in [0.4, 0.5) is 23.4 Å². The number of amides is 2. The Morgan fingerprint density at radius 2 is 1.70 bits per heavy atom. The molecule has 1 N–H and O–H groups in total. The number of unbranched alkanes of at least 4 members (excludes halogenated alkanes) is 3. The number of halogens is 4. The van der Waals surface area contributed by atoms with Gasteiger partial charge in [0, 0.05) is 38.9 Å². The quantitative estimate of drug-likeness (QED) is 0.277. The van der Waals surface area contributed by atoms with Crippen LogP contribution in [0.5, 0.6) is 0 Å². The van der Waals surface area contributed by atoms with Gasteiger partial charge in [-0.1, -0.05) is 26.2 Å². The zero-order valence-electron chi connectivity index (χ0n) is 18.3. The van der Waals surface area contributed by atoms with Gasteiger partial charge in [-0.3, -0.25) is 9.59 Å². The van der Waals surface area contributed by atoms with Crippen LogP contribution < -0.4 is 10.2 Å². The maximum Gasteiger partial charge on any atom is 0.257 e. The highest BCUT2D eigenvalue weighted by atomic mass is 19.2. The van der Waals surface area contributed by atoms with Crippen LogP contribution in [-0.2, 0) is 0 Å². The van der Waals surface area contributed by atoms with Gasteiger partial charge in [0.1, 0.15) is 5.82 Å². The Hall–Kier alpha value is -3.17. The first kappa shape index (κ1) is 24.5. The van der Waals surface area contributed by atoms with Gasteiger partial charge in [-0.15, -0.1) is 0 Å². The van der Waals surface area contributed by atoms with E-state index in [0.717, 1.165) is 25.7 Å². The maximum atomic E-state index is 13.9. The number of nitrogens with zero attached hydrogens (tertiary/aromatic N) is 3. The monoisotopic (exact) mass is 466 g/mol. The standard InChI is InChI=1S/C23H26F4N4O2/c1-2-3-4-5-8-28-22(32)15-6-7-18(29-14-15)30-9-11-31(12-10-30)23(33)16-13-17(24)20(26)21(27)19(16)25/h6-7,13-14H,2-5,8-12H2,1H3,(H,28,32). The Morgan fingerprint density at radius 1 is 0.970 bits per heavy atom. The van der Waals surface area contributed by atoms with Gasteiger partial charge in [0.15, 0.2) is 23.3 Å². The number of hydrogen-bond donors (Lipinski definition) is 1. The van der Waals surface area contributed by atoms with E-state index in [-0.39, 0.29) is 19.0 Å². The van der Waals surface area contributed by atoms with Gasteiger partial charge in [0.05, 0.1) is 11.1 Å². The van der Waals surface area contributed by atoms with Crippen LogP contribution in [0.15, 0.2) is 24.4 Å². The smallest absolute Gasteiger partial charge is 0.257 e. The van der Waals surface area contributed by atoms with Crippen molar-refractivity contribution in [2.45, 2.75) is 32.6 Å². The molecule has 1 saturated heterocycles. The number of benzene rings is 1. The molecule has 0 spiro atoms. The molecule has 3 rings (SSSR count). The molecule has 0 saturated carbocycles. The van der Waals surface area contributed by atoms with E-state index in [4.69, 9.17) is 0 Å². The highest BCUT2D eigenvalue weighted by Crippen LogP contribution is 2.21. The van der Waals surface area contributed by atoms with Crippen LogP contribution in [0, 0.1) is 23.3 Å². The molecule has 2 heterocycles. The van der Waals surface area contributed by atoms with E-state index in [0.29, 0.717) is 37.1 Å². The molecule has 2 aromatic rings. The number of pyridine rings is 1. The average molecular weight is 466 g/mol. The number of aromatic nitrogens is 1. The van der Waals surface area contributed by atoms with Crippen LogP contribution in [0.3, 0.4) is 0 Å². The lowest BCUT2D eigenvalue weighted by molar-refractivity contribution is 0.0739. The fourth-order valence-electron chi connectivity index (χ4n) is 3.60. The molecule has 10 heteroatoms. The Balaban J connectivity index is 1.55. The van der Waals surface area contributed by atoms with E-state index in [1.165, 1.54) is 11.1 Å². The first-order valence-corrected chi connectivity index (χ1v) is 10.9. The average Bonchev–Trinajstić information content (AvgIpc) is 2.84. The van der Waals surface area contributed by atoms with Crippen LogP contribution in [0.2, 0.25) is 0 Å². The third-order valence-corrected chi connectivity index (χ3v) is 5.55. The van der Waals surface area contributed by atoms with Crippen LogP contribution in [0.1, 0.15) is 53.3 Å². The molecule has 2 amide bonds. The van der Waals surface area contributed by atoms with Gasteiger partial charge in [-0.25, -0.2) is 22.5 Å². The molecule has 1 aromatic carbocycles. The Kier molecular flexibility index (Phi) is 8.24. The molecule has 1 aliphatic rings. The van der Waals surface area contributed by atoms with Gasteiger partial charge in [-0.05, 0) is 24.6 Å². The zero-order valence-corrected chi connectivity index (χ0v) is 18.3. The Labute approximate surface area is 189 Å². The number of piperazine rings is 1. The van der Waals surface area contributed by atoms with Crippen molar-refractivity contribution >= 4 is 17.6 Å². The second kappa shape index (κ2) is 11.1. The lowest BCUT2D eigenvalue weighted by Gasteiger charge is -2.35. The van der Waals surface area contributed by atoms with E-state index in [2.05, 4.69) is 17.2 Å². The van der Waals surface area contributed by atoms with Crippen molar-refractivity contribution in [2.75, 3.05) is 37.6 Å². The van der Waals surface area contributed by atoms with E-state index >= 15 is 0 Å². The predicted molar refractivity (Wildman–Crippen MR) is 115 cm³/mol. The summed E-state index contributed by atoms with van der Waals surface area (Å²) in [4.78, 5) is 32.1. The van der Waals surface area contributed by atoms with Crippen LogP contribution >= 0.6 is 0 Å². The van der Waals surface area contributed by atoms with E-state index in [1.54, 1.807) is 12.1 Å². The second-order valence-corrected chi connectivity index (χ2v) is 7.85. The molecule has 178 valence electrons. The minimum atomic E-state index is -2.01. The third-order valence-electron chi connectivity index (χ3n) is 5.55. The lowest BCUT2D eigenvalue weighted by Crippen LogP contribution is -2.49. The number of rotatable bonds is 8. The lowest BCUT2D eigenvalue weighted by atomic mass is 10.1. The molecular weight excluding hydrogens is 440 g/mol. The Bertz CT molecular complexity index is 993. The minimum absolute atomic E-state index is 0.153. The summed E-state index contributed by atoms with van der Waals surface area (Å²) in [6.07, 6.45) is 5.74. The topological polar surface area (TPSA) is 65.5 Å². The summed E-state index contributed by atoms with van der Waals surface area (Å²) in [6.45, 7) is 3.72. The van der Waals surface area contributed by atoms with Gasteiger partial charge in [0.25, 0.3) is 11.8 Å². The normalized spacial score (nSPS) is 13.8. The minimum Gasteiger partial charge on any atom is -0.353 e. The van der Waals surface area contributed by atoms with E-state index in [1.807, 2.05) is 4.90 Å². The highest BCUT2D eigenvalue weighted by molar-refractivity contribution is 5.95. The molecule has 0 aliphatic carbocycles. The summed E-state index contributed by atoms with van der Waals surface area (Å²) in [7, 11) is 0. The summed E-state index contributed by atoms with van der Waals surface area (Å²) >= 11 is 0. The molecule has 0 bridgehead atoms. The van der Waals surface area contributed by atoms with Gasteiger partial charge >= 0.3 is 0 Å². The summed E-state index contributed by atoms with van der Waals surface area (Å²) < 4.78 is 54.0. The van der Waals surface area contributed by atoms with Crippen molar-refractivity contribution in [2.24, 2.45) is 0 Å². The first-order valence-electron chi connectivity index (χ1n) is 10.9. The molecule has 1 fully saturated rings. The third kappa shape index (κ3) is 5.80. The molecule has 0 unspecified atom stereocenters. The molecule has 6 nitrogen and oxygen atoms in total. The molecule has 0 atom stereocenters. The Morgan fingerprint density at radius 3 is 2.33 bits per heavy atom. The fraction of sp³-hybridized carbons (Fsp3) is 0.435. The van der Waals surface area contributed by atoms with Crippen LogP contribution in [-0.4, -0.2) is 54.4 Å². The van der Waals surface area contributed by atoms with E-state index < -0.39 is 34.7 Å². The summed E-state index contributed by atoms with van der Waals surface area (Å²) in [6, 6.07) is 3.74. The van der Waals surface area contributed by atoms with Crippen molar-refractivity contribution in [3.05, 3.63) is 58.8 Å². The van der Waals surface area contributed by atoms with Crippen molar-refractivity contribution in [3.8, 4) is 0 Å². The van der Waals surface area contributed by atoms with Crippen molar-refractivity contribution in [1.82, 2.24) is 15.2 Å². The van der Waals surface area contributed by atoms with Crippen molar-refractivity contribution < 1.29 is 27.2 Å². The fourth-order valence-corrected chi connectivity index (χ4v) is 3.60. The molecule has 0 radical (unpaired) electrons. The van der Waals surface area contributed by atoms with Crippen molar-refractivity contribution in [1.29, 1.82) is 0 Å².